The molecule has 0 aliphatic carbocycles. The van der Waals surface area contributed by atoms with E-state index in [9.17, 15) is 14.7 Å². The lowest BCUT2D eigenvalue weighted by Crippen LogP contribution is -2.14. The van der Waals surface area contributed by atoms with Gasteiger partial charge in [-0.2, -0.15) is 0 Å². The lowest BCUT2D eigenvalue weighted by atomic mass is 9.98. The van der Waals surface area contributed by atoms with Crippen LogP contribution in [0.25, 0.3) is 0 Å². The molecule has 3 rings (SSSR count). The number of ether oxygens (including phenoxy) is 3. The zero-order valence-corrected chi connectivity index (χ0v) is 20.7. The van der Waals surface area contributed by atoms with Crippen molar-refractivity contribution in [2.75, 3.05) is 7.11 Å². The molecule has 172 valence electrons. The van der Waals surface area contributed by atoms with E-state index in [1.54, 1.807) is 32.9 Å². The summed E-state index contributed by atoms with van der Waals surface area (Å²) in [6.07, 6.45) is 0. The fourth-order valence-corrected chi connectivity index (χ4v) is 4.16. The molecule has 0 bridgehead atoms. The second kappa shape index (κ2) is 10.1. The molecule has 0 spiro atoms. The Morgan fingerprint density at radius 1 is 1.00 bits per heavy atom. The van der Waals surface area contributed by atoms with Crippen molar-refractivity contribution < 1.29 is 28.9 Å². The van der Waals surface area contributed by atoms with Crippen molar-refractivity contribution in [2.24, 2.45) is 0 Å². The molecule has 1 N–H and O–H groups in total. The summed E-state index contributed by atoms with van der Waals surface area (Å²) < 4.78 is 17.1. The lowest BCUT2D eigenvalue weighted by Gasteiger charge is -2.18. The molecule has 33 heavy (non-hydrogen) atoms. The Kier molecular flexibility index (Phi) is 7.43. The van der Waals surface area contributed by atoms with Gasteiger partial charge in [-0.1, -0.05) is 30.3 Å². The monoisotopic (exact) mass is 512 g/mol. The number of hydrogen-bond acceptors (Lipinski definition) is 6. The van der Waals surface area contributed by atoms with Crippen molar-refractivity contribution in [1.29, 1.82) is 0 Å². The standard InChI is InChI=1S/C26H25BrO6/c1-14-11-19(32-13-18-9-7-6-8-10-18)12-20(31-5)21(14)26(30)33-25-16(3)15(2)22(17(4)28)24(29)23(25)27/h6-12,29H,13H2,1-5H3. The van der Waals surface area contributed by atoms with Gasteiger partial charge in [0.25, 0.3) is 0 Å². The number of aromatic hydroxyl groups is 1. The molecular formula is C26H25BrO6. The number of ketones is 1. The number of rotatable bonds is 7. The topological polar surface area (TPSA) is 82.1 Å². The molecule has 0 heterocycles. The van der Waals surface area contributed by atoms with Gasteiger partial charge in [-0.25, -0.2) is 4.79 Å². The number of esters is 1. The summed E-state index contributed by atoms with van der Waals surface area (Å²) in [5, 5.41) is 10.5. The second-order valence-electron chi connectivity index (χ2n) is 7.65. The summed E-state index contributed by atoms with van der Waals surface area (Å²) in [6.45, 7) is 6.92. The quantitative estimate of drug-likeness (QED) is 0.234. The number of Topliss-reactive ketones (excluding diaryl/α,β-unsaturated/α-hetero) is 1. The van der Waals surface area contributed by atoms with Gasteiger partial charge < -0.3 is 19.3 Å². The van der Waals surface area contributed by atoms with E-state index in [0.717, 1.165) is 5.56 Å². The van der Waals surface area contributed by atoms with Crippen molar-refractivity contribution in [2.45, 2.75) is 34.3 Å². The van der Waals surface area contributed by atoms with Gasteiger partial charge >= 0.3 is 5.97 Å². The molecular weight excluding hydrogens is 488 g/mol. The molecule has 3 aromatic carbocycles. The van der Waals surface area contributed by atoms with Gasteiger partial charge in [-0.05, 0) is 71.9 Å². The van der Waals surface area contributed by atoms with Crippen LogP contribution in [-0.2, 0) is 6.61 Å². The predicted octanol–water partition coefficient (Wildman–Crippen LogP) is 6.09. The van der Waals surface area contributed by atoms with Crippen LogP contribution in [0, 0.1) is 20.8 Å². The Labute approximate surface area is 201 Å². The molecule has 0 saturated carbocycles. The summed E-state index contributed by atoms with van der Waals surface area (Å²) >= 11 is 3.26. The predicted molar refractivity (Wildman–Crippen MR) is 129 cm³/mol. The Morgan fingerprint density at radius 3 is 2.27 bits per heavy atom. The average molecular weight is 513 g/mol. The molecule has 0 unspecified atom stereocenters. The van der Waals surface area contributed by atoms with Gasteiger partial charge in [0.1, 0.15) is 33.9 Å². The highest BCUT2D eigenvalue weighted by molar-refractivity contribution is 9.10. The average Bonchev–Trinajstić information content (AvgIpc) is 2.79. The number of phenols is 1. The number of phenolic OH excluding ortho intramolecular Hbond substituents is 1. The highest BCUT2D eigenvalue weighted by Gasteiger charge is 2.26. The number of aryl methyl sites for hydroxylation is 1. The van der Waals surface area contributed by atoms with Gasteiger partial charge in [-0.3, -0.25) is 4.79 Å². The van der Waals surface area contributed by atoms with Gasteiger partial charge in [-0.15, -0.1) is 0 Å². The number of halogens is 1. The summed E-state index contributed by atoms with van der Waals surface area (Å²) in [6, 6.07) is 13.1. The van der Waals surface area contributed by atoms with Gasteiger partial charge in [0.2, 0.25) is 0 Å². The first-order valence-corrected chi connectivity index (χ1v) is 11.0. The Morgan fingerprint density at radius 2 is 1.67 bits per heavy atom. The largest absolute Gasteiger partial charge is 0.506 e. The molecule has 0 aliphatic heterocycles. The first-order chi connectivity index (χ1) is 15.6. The third-order valence-electron chi connectivity index (χ3n) is 5.41. The Balaban J connectivity index is 1.92. The molecule has 0 aromatic heterocycles. The van der Waals surface area contributed by atoms with E-state index in [4.69, 9.17) is 14.2 Å². The Bertz CT molecular complexity index is 1190. The molecule has 7 heteroatoms. The van der Waals surface area contributed by atoms with E-state index in [1.165, 1.54) is 14.0 Å². The first-order valence-electron chi connectivity index (χ1n) is 10.3. The van der Waals surface area contributed by atoms with Crippen LogP contribution in [0.4, 0.5) is 0 Å². The van der Waals surface area contributed by atoms with Crippen molar-refractivity contribution in [1.82, 2.24) is 0 Å². The number of carbonyl (C=O) groups is 2. The van der Waals surface area contributed by atoms with Crippen LogP contribution in [0.15, 0.2) is 46.9 Å². The number of methoxy groups -OCH3 is 1. The van der Waals surface area contributed by atoms with E-state index in [-0.39, 0.29) is 32.9 Å². The van der Waals surface area contributed by atoms with E-state index in [1.807, 2.05) is 30.3 Å². The van der Waals surface area contributed by atoms with Crippen molar-refractivity contribution >= 4 is 27.7 Å². The molecule has 0 atom stereocenters. The normalized spacial score (nSPS) is 10.6. The number of hydrogen-bond donors (Lipinski definition) is 1. The fraction of sp³-hybridized carbons (Fsp3) is 0.231. The third kappa shape index (κ3) is 5.03. The fourth-order valence-electron chi connectivity index (χ4n) is 3.58. The molecule has 0 radical (unpaired) electrons. The zero-order valence-electron chi connectivity index (χ0n) is 19.1. The van der Waals surface area contributed by atoms with Crippen LogP contribution < -0.4 is 14.2 Å². The van der Waals surface area contributed by atoms with Crippen LogP contribution >= 0.6 is 15.9 Å². The minimum Gasteiger partial charge on any atom is -0.506 e. The summed E-state index contributed by atoms with van der Waals surface area (Å²) in [5.41, 5.74) is 3.16. The summed E-state index contributed by atoms with van der Waals surface area (Å²) in [5.74, 6) is -0.195. The maximum atomic E-state index is 13.1. The van der Waals surface area contributed by atoms with E-state index < -0.39 is 5.97 Å². The van der Waals surface area contributed by atoms with Crippen LogP contribution in [0.2, 0.25) is 0 Å². The van der Waals surface area contributed by atoms with Crippen LogP contribution in [0.1, 0.15) is 49.9 Å². The summed E-state index contributed by atoms with van der Waals surface area (Å²) in [4.78, 5) is 25.1. The van der Waals surface area contributed by atoms with Crippen molar-refractivity contribution in [3.63, 3.8) is 0 Å². The SMILES string of the molecule is COc1cc(OCc2ccccc2)cc(C)c1C(=O)Oc1c(C)c(C)c(C(C)=O)c(O)c1Br. The van der Waals surface area contributed by atoms with Gasteiger partial charge in [0.05, 0.1) is 12.7 Å². The first kappa shape index (κ1) is 24.3. The minimum absolute atomic E-state index is 0.142. The Hall–Kier alpha value is -3.32. The number of carbonyl (C=O) groups excluding carboxylic acids is 2. The maximum absolute atomic E-state index is 13.1. The highest BCUT2D eigenvalue weighted by Crippen LogP contribution is 2.43. The highest BCUT2D eigenvalue weighted by atomic mass is 79.9. The second-order valence-corrected chi connectivity index (χ2v) is 8.45. The molecule has 0 fully saturated rings. The van der Waals surface area contributed by atoms with E-state index in [0.29, 0.717) is 34.8 Å². The molecule has 0 amide bonds. The van der Waals surface area contributed by atoms with Gasteiger partial charge in [0.15, 0.2) is 11.5 Å². The molecule has 3 aromatic rings. The van der Waals surface area contributed by atoms with Gasteiger partial charge in [0, 0.05) is 6.07 Å². The third-order valence-corrected chi connectivity index (χ3v) is 6.15. The molecule has 0 saturated heterocycles. The number of benzene rings is 3. The van der Waals surface area contributed by atoms with Crippen LogP contribution in [0.3, 0.4) is 0 Å². The van der Waals surface area contributed by atoms with Crippen LogP contribution in [0.5, 0.6) is 23.0 Å². The maximum Gasteiger partial charge on any atom is 0.347 e. The summed E-state index contributed by atoms with van der Waals surface area (Å²) in [7, 11) is 1.46. The molecule has 0 aliphatic rings. The van der Waals surface area contributed by atoms with Crippen molar-refractivity contribution in [3.8, 4) is 23.0 Å². The smallest absolute Gasteiger partial charge is 0.347 e. The van der Waals surface area contributed by atoms with E-state index >= 15 is 0 Å². The van der Waals surface area contributed by atoms with E-state index in [2.05, 4.69) is 15.9 Å². The van der Waals surface area contributed by atoms with Crippen LogP contribution in [-0.4, -0.2) is 24.0 Å². The molecule has 6 nitrogen and oxygen atoms in total. The zero-order chi connectivity index (χ0) is 24.3. The lowest BCUT2D eigenvalue weighted by molar-refractivity contribution is 0.0727. The minimum atomic E-state index is -0.655. The van der Waals surface area contributed by atoms with Crippen molar-refractivity contribution in [3.05, 3.63) is 80.3 Å².